The summed E-state index contributed by atoms with van der Waals surface area (Å²) >= 11 is 14.1. The van der Waals surface area contributed by atoms with E-state index in [1.54, 1.807) is 18.2 Å². The molecule has 2 aromatic rings. The van der Waals surface area contributed by atoms with Crippen LogP contribution >= 0.6 is 23.2 Å². The Morgan fingerprint density at radius 1 is 0.975 bits per heavy atom. The maximum Gasteiger partial charge on any atom is 0.339 e. The number of rotatable bonds is 3. The molecule has 3 N–H and O–H groups in total. The van der Waals surface area contributed by atoms with Gasteiger partial charge in [-0.25, -0.2) is 9.69 Å². The van der Waals surface area contributed by atoms with E-state index >= 15 is 0 Å². The van der Waals surface area contributed by atoms with Crippen LogP contribution in [0.5, 0.6) is 11.5 Å². The molecule has 4 amide bonds. The number of hydrogen-bond acceptors (Lipinski definition) is 7. The molecule has 6 rings (SSSR count). The standard InChI is InChI=1S/C28H22Cl2N2O8/c1-31-25(39)27(29)11-18-15(21(28(27,30)26(31)40)12-3-2-4-14(33)9-12)7-8-17-20(18)23(36)32(22(17)35)13-5-6-16(24(37)38)19(34)10-13/h2-7,9-10,17-18,20-21,33-34H,8,11H2,1H3,(H,37,38). The predicted octanol–water partition coefficient (Wildman–Crippen LogP) is 2.99. The summed E-state index contributed by atoms with van der Waals surface area (Å²) in [6.45, 7) is 0. The van der Waals surface area contributed by atoms with Gasteiger partial charge in [0.1, 0.15) is 17.1 Å². The Morgan fingerprint density at radius 3 is 2.35 bits per heavy atom. The van der Waals surface area contributed by atoms with Crippen LogP contribution in [-0.4, -0.2) is 66.6 Å². The number of anilines is 1. The third-order valence-corrected chi connectivity index (χ3v) is 10.1. The number of carbonyl (C=O) groups excluding carboxylic acids is 4. The fraction of sp³-hybridized carbons (Fsp3) is 0.321. The van der Waals surface area contributed by atoms with Crippen molar-refractivity contribution in [3.05, 3.63) is 65.2 Å². The second-order valence-corrected chi connectivity index (χ2v) is 11.9. The second-order valence-electron chi connectivity index (χ2n) is 10.6. The van der Waals surface area contributed by atoms with Crippen molar-refractivity contribution in [2.75, 3.05) is 11.9 Å². The van der Waals surface area contributed by atoms with Crippen LogP contribution in [0.2, 0.25) is 0 Å². The van der Waals surface area contributed by atoms with Gasteiger partial charge < -0.3 is 15.3 Å². The molecule has 2 aliphatic carbocycles. The van der Waals surface area contributed by atoms with Crippen LogP contribution in [0.25, 0.3) is 0 Å². The topological polar surface area (TPSA) is 153 Å². The number of phenols is 2. The zero-order chi connectivity index (χ0) is 28.9. The number of aromatic hydroxyl groups is 2. The highest BCUT2D eigenvalue weighted by Gasteiger charge is 2.75. The fourth-order valence-electron chi connectivity index (χ4n) is 6.92. The van der Waals surface area contributed by atoms with E-state index in [-0.39, 0.29) is 29.8 Å². The van der Waals surface area contributed by atoms with Gasteiger partial charge >= 0.3 is 5.97 Å². The van der Waals surface area contributed by atoms with Gasteiger partial charge in [-0.3, -0.25) is 24.1 Å². The summed E-state index contributed by atoms with van der Waals surface area (Å²) in [6, 6.07) is 9.51. The number of phenolic OH excluding ortho intramolecular Hbond substituents is 1. The first kappa shape index (κ1) is 26.3. The zero-order valence-electron chi connectivity index (χ0n) is 20.9. The molecule has 2 aliphatic heterocycles. The second kappa shape index (κ2) is 8.55. The highest BCUT2D eigenvalue weighted by atomic mass is 35.5. The number of carbonyl (C=O) groups is 5. The number of alkyl halides is 2. The molecule has 0 spiro atoms. The van der Waals surface area contributed by atoms with E-state index in [2.05, 4.69) is 0 Å². The van der Waals surface area contributed by atoms with Gasteiger partial charge in [0.15, 0.2) is 9.75 Å². The number of likely N-dealkylation sites (tertiary alicyclic amines) is 1. The maximum absolute atomic E-state index is 13.9. The molecular formula is C28H22Cl2N2O8. The quantitative estimate of drug-likeness (QED) is 0.283. The van der Waals surface area contributed by atoms with E-state index in [4.69, 9.17) is 23.2 Å². The molecule has 10 nitrogen and oxygen atoms in total. The largest absolute Gasteiger partial charge is 0.508 e. The predicted molar refractivity (Wildman–Crippen MR) is 141 cm³/mol. The van der Waals surface area contributed by atoms with E-state index in [1.807, 2.05) is 0 Å². The lowest BCUT2D eigenvalue weighted by Gasteiger charge is -2.50. The van der Waals surface area contributed by atoms with E-state index in [0.29, 0.717) is 11.1 Å². The summed E-state index contributed by atoms with van der Waals surface area (Å²) in [5.74, 6) is -8.16. The molecule has 2 aromatic carbocycles. The van der Waals surface area contributed by atoms with Crippen LogP contribution in [0.1, 0.15) is 34.7 Å². The van der Waals surface area contributed by atoms with Crippen molar-refractivity contribution in [2.45, 2.75) is 28.5 Å². The summed E-state index contributed by atoms with van der Waals surface area (Å²) < 4.78 is 0. The number of fused-ring (bicyclic) bond motifs is 4. The van der Waals surface area contributed by atoms with Gasteiger partial charge in [-0.1, -0.05) is 23.8 Å². The normalized spacial score (nSPS) is 33.0. The summed E-state index contributed by atoms with van der Waals surface area (Å²) in [5.41, 5.74) is 0.616. The number of amides is 4. The van der Waals surface area contributed by atoms with Gasteiger partial charge in [0.2, 0.25) is 11.8 Å². The van der Waals surface area contributed by atoms with Crippen LogP contribution in [-0.2, 0) is 19.2 Å². The first-order valence-electron chi connectivity index (χ1n) is 12.5. The van der Waals surface area contributed by atoms with Gasteiger partial charge in [0, 0.05) is 19.0 Å². The number of halogens is 2. The highest BCUT2D eigenvalue weighted by Crippen LogP contribution is 2.65. The Labute approximate surface area is 237 Å². The lowest BCUT2D eigenvalue weighted by atomic mass is 9.56. The Hall–Kier alpha value is -3.89. The maximum atomic E-state index is 13.9. The van der Waals surface area contributed by atoms with Crippen molar-refractivity contribution in [1.29, 1.82) is 0 Å². The van der Waals surface area contributed by atoms with Gasteiger partial charge in [0.05, 0.1) is 17.5 Å². The van der Waals surface area contributed by atoms with E-state index in [1.165, 1.54) is 25.2 Å². The number of allylic oxidation sites excluding steroid dienone is 2. The molecule has 6 atom stereocenters. The molecule has 206 valence electrons. The van der Waals surface area contributed by atoms with E-state index in [9.17, 15) is 39.3 Å². The minimum Gasteiger partial charge on any atom is -0.508 e. The first-order valence-corrected chi connectivity index (χ1v) is 13.2. The number of carboxylic acids is 1. The summed E-state index contributed by atoms with van der Waals surface area (Å²) in [6.07, 6.45) is 1.70. The number of aromatic carboxylic acids is 1. The molecule has 40 heavy (non-hydrogen) atoms. The number of benzene rings is 2. The molecule has 3 fully saturated rings. The molecule has 12 heteroatoms. The Kier molecular flexibility index (Phi) is 5.63. The Bertz CT molecular complexity index is 1590. The zero-order valence-corrected chi connectivity index (χ0v) is 22.4. The van der Waals surface area contributed by atoms with Gasteiger partial charge in [-0.05, 0) is 48.6 Å². The monoisotopic (exact) mass is 584 g/mol. The Balaban J connectivity index is 1.48. The summed E-state index contributed by atoms with van der Waals surface area (Å²) in [5, 5.41) is 29.7. The van der Waals surface area contributed by atoms with Gasteiger partial charge in [-0.2, -0.15) is 0 Å². The van der Waals surface area contributed by atoms with E-state index in [0.717, 1.165) is 21.9 Å². The van der Waals surface area contributed by atoms with Crippen LogP contribution in [0.15, 0.2) is 54.1 Å². The molecule has 0 aromatic heterocycles. The number of hydrogen-bond donors (Lipinski definition) is 3. The van der Waals surface area contributed by atoms with Crippen molar-refractivity contribution in [3.8, 4) is 11.5 Å². The molecule has 1 saturated carbocycles. The number of imide groups is 2. The third kappa shape index (κ3) is 3.20. The van der Waals surface area contributed by atoms with Gasteiger partial charge in [-0.15, -0.1) is 23.2 Å². The SMILES string of the molecule is CN1C(=O)C2(Cl)CC3C(=CCC4C(=O)N(c5ccc(C(=O)O)c(O)c5)C(=O)C43)C(c3cccc(O)c3)C2(Cl)C1=O. The lowest BCUT2D eigenvalue weighted by molar-refractivity contribution is -0.138. The van der Waals surface area contributed by atoms with E-state index < -0.39 is 68.8 Å². The fourth-order valence-corrected chi connectivity index (χ4v) is 7.94. The van der Waals surface area contributed by atoms with Crippen LogP contribution in [0.3, 0.4) is 0 Å². The summed E-state index contributed by atoms with van der Waals surface area (Å²) in [7, 11) is 1.29. The molecule has 4 aliphatic rings. The molecule has 2 heterocycles. The van der Waals surface area contributed by atoms with Crippen LogP contribution in [0.4, 0.5) is 5.69 Å². The molecule has 2 saturated heterocycles. The first-order chi connectivity index (χ1) is 18.8. The third-order valence-electron chi connectivity index (χ3n) is 8.69. The van der Waals surface area contributed by atoms with Crippen molar-refractivity contribution in [1.82, 2.24) is 4.90 Å². The van der Waals surface area contributed by atoms with Crippen LogP contribution in [0, 0.1) is 17.8 Å². The molecule has 6 unspecified atom stereocenters. The van der Waals surface area contributed by atoms with Crippen LogP contribution < -0.4 is 4.90 Å². The average molecular weight is 585 g/mol. The lowest BCUT2D eigenvalue weighted by Crippen LogP contribution is -2.60. The average Bonchev–Trinajstić information content (AvgIpc) is 3.23. The number of carboxylic acid groups (broad SMARTS) is 1. The van der Waals surface area contributed by atoms with Crippen molar-refractivity contribution in [3.63, 3.8) is 0 Å². The summed E-state index contributed by atoms with van der Waals surface area (Å²) in [4.78, 5) is 63.6. The minimum atomic E-state index is -1.95. The number of nitrogens with zero attached hydrogens (tertiary/aromatic N) is 2. The molecular weight excluding hydrogens is 563 g/mol. The highest BCUT2D eigenvalue weighted by molar-refractivity contribution is 6.53. The Morgan fingerprint density at radius 2 is 1.70 bits per heavy atom. The minimum absolute atomic E-state index is 0.00734. The molecule has 0 bridgehead atoms. The van der Waals surface area contributed by atoms with Gasteiger partial charge in [0.25, 0.3) is 11.8 Å². The smallest absolute Gasteiger partial charge is 0.339 e. The molecule has 0 radical (unpaired) electrons. The van der Waals surface area contributed by atoms with Crippen molar-refractivity contribution >= 4 is 58.5 Å². The van der Waals surface area contributed by atoms with Crippen molar-refractivity contribution < 1.29 is 39.3 Å². The van der Waals surface area contributed by atoms with Crippen molar-refractivity contribution in [2.24, 2.45) is 17.8 Å².